The van der Waals surface area contributed by atoms with E-state index in [0.29, 0.717) is 0 Å². The highest BCUT2D eigenvalue weighted by atomic mass is 79.9. The monoisotopic (exact) mass is 230 g/mol. The Balaban J connectivity index is 2.38. The molecule has 12 heavy (non-hydrogen) atoms. The Kier molecular flexibility index (Phi) is 2.19. The van der Waals surface area contributed by atoms with Crippen LogP contribution in [0, 0.1) is 0 Å². The molecule has 1 aliphatic rings. The van der Waals surface area contributed by atoms with E-state index >= 15 is 0 Å². The van der Waals surface area contributed by atoms with Gasteiger partial charge >= 0.3 is 0 Å². The molecule has 1 atom stereocenters. The van der Waals surface area contributed by atoms with Crippen molar-refractivity contribution in [3.8, 4) is 0 Å². The van der Waals surface area contributed by atoms with Crippen LogP contribution in [0.5, 0.6) is 0 Å². The zero-order valence-electron chi connectivity index (χ0n) is 6.96. The summed E-state index contributed by atoms with van der Waals surface area (Å²) >= 11 is 3.43. The summed E-state index contributed by atoms with van der Waals surface area (Å²) in [5.74, 6) is 0. The van der Waals surface area contributed by atoms with Crippen molar-refractivity contribution in [2.45, 2.75) is 12.5 Å². The van der Waals surface area contributed by atoms with E-state index in [-0.39, 0.29) is 6.10 Å². The number of aryl methyl sites for hydroxylation is 1. The Labute approximate surface area is 79.8 Å². The van der Waals surface area contributed by atoms with E-state index in [1.807, 2.05) is 17.9 Å². The molecule has 0 saturated heterocycles. The molecule has 0 bridgehead atoms. The number of alkyl halides is 1. The normalized spacial score (nSPS) is 22.3. The summed E-state index contributed by atoms with van der Waals surface area (Å²) in [4.78, 5) is 0. The summed E-state index contributed by atoms with van der Waals surface area (Å²) in [5, 5.41) is 5.07. The maximum Gasteiger partial charge on any atom is 0.0954 e. The molecule has 0 spiro atoms. The number of hydrogen-bond donors (Lipinski definition) is 0. The molecular formula is C8H11BrN2O. The number of rotatable bonds is 1. The largest absolute Gasteiger partial charge is 0.372 e. The average molecular weight is 231 g/mol. The van der Waals surface area contributed by atoms with Gasteiger partial charge in [0.2, 0.25) is 0 Å². The van der Waals surface area contributed by atoms with Gasteiger partial charge in [0.25, 0.3) is 0 Å². The number of fused-ring (bicyclic) bond motifs is 1. The van der Waals surface area contributed by atoms with E-state index < -0.39 is 0 Å². The zero-order chi connectivity index (χ0) is 8.55. The quantitative estimate of drug-likeness (QED) is 0.683. The third-order valence-electron chi connectivity index (χ3n) is 2.24. The van der Waals surface area contributed by atoms with Gasteiger partial charge < -0.3 is 4.74 Å². The fraction of sp³-hybridized carbons (Fsp3) is 0.625. The average Bonchev–Trinajstić information content (AvgIpc) is 2.48. The second kappa shape index (κ2) is 3.18. The molecule has 0 saturated carbocycles. The van der Waals surface area contributed by atoms with Crippen LogP contribution in [0.15, 0.2) is 6.20 Å². The van der Waals surface area contributed by atoms with Crippen LogP contribution in [0.4, 0.5) is 0 Å². The summed E-state index contributed by atoms with van der Waals surface area (Å²) in [7, 11) is 1.98. The summed E-state index contributed by atoms with van der Waals surface area (Å²) < 4.78 is 7.50. The van der Waals surface area contributed by atoms with Gasteiger partial charge in [-0.2, -0.15) is 5.10 Å². The zero-order valence-corrected chi connectivity index (χ0v) is 8.54. The Morgan fingerprint density at radius 2 is 2.67 bits per heavy atom. The van der Waals surface area contributed by atoms with E-state index in [1.54, 1.807) is 0 Å². The summed E-state index contributed by atoms with van der Waals surface area (Å²) in [6.45, 7) is 0.808. The number of aromatic nitrogens is 2. The molecule has 1 aliphatic heterocycles. The first-order valence-corrected chi connectivity index (χ1v) is 5.13. The molecule has 2 rings (SSSR count). The minimum Gasteiger partial charge on any atom is -0.372 e. The van der Waals surface area contributed by atoms with Gasteiger partial charge in [0.1, 0.15) is 0 Å². The van der Waals surface area contributed by atoms with E-state index in [2.05, 4.69) is 21.0 Å². The third kappa shape index (κ3) is 1.19. The van der Waals surface area contributed by atoms with Crippen LogP contribution in [-0.2, 0) is 18.2 Å². The Morgan fingerprint density at radius 1 is 1.83 bits per heavy atom. The molecule has 0 amide bonds. The van der Waals surface area contributed by atoms with Crippen molar-refractivity contribution in [1.82, 2.24) is 9.78 Å². The molecule has 4 heteroatoms. The summed E-state index contributed by atoms with van der Waals surface area (Å²) in [5.41, 5.74) is 2.55. The number of hydrogen-bond acceptors (Lipinski definition) is 2. The lowest BCUT2D eigenvalue weighted by Crippen LogP contribution is -2.18. The minimum absolute atomic E-state index is 0.197. The Hall–Kier alpha value is -0.350. The summed E-state index contributed by atoms with van der Waals surface area (Å²) in [6, 6.07) is 0. The van der Waals surface area contributed by atoms with Crippen molar-refractivity contribution in [3.63, 3.8) is 0 Å². The van der Waals surface area contributed by atoms with E-state index in [0.717, 1.165) is 18.4 Å². The molecule has 0 aliphatic carbocycles. The molecule has 0 N–H and O–H groups in total. The molecule has 2 heterocycles. The molecule has 1 unspecified atom stereocenters. The molecule has 3 nitrogen and oxygen atoms in total. The highest BCUT2D eigenvalue weighted by Crippen LogP contribution is 2.27. The highest BCUT2D eigenvalue weighted by Gasteiger charge is 2.22. The van der Waals surface area contributed by atoms with Gasteiger partial charge in [-0.3, -0.25) is 4.68 Å². The van der Waals surface area contributed by atoms with Crippen LogP contribution in [0.3, 0.4) is 0 Å². The molecule has 66 valence electrons. The molecule has 0 fully saturated rings. The van der Waals surface area contributed by atoms with Crippen molar-refractivity contribution < 1.29 is 4.74 Å². The van der Waals surface area contributed by atoms with Crippen LogP contribution in [-0.4, -0.2) is 21.7 Å². The van der Waals surface area contributed by atoms with E-state index in [4.69, 9.17) is 4.74 Å². The van der Waals surface area contributed by atoms with Crippen LogP contribution in [0.25, 0.3) is 0 Å². The van der Waals surface area contributed by atoms with Crippen molar-refractivity contribution in [3.05, 3.63) is 17.5 Å². The lowest BCUT2D eigenvalue weighted by atomic mass is 10.1. The Bertz CT molecular complexity index is 285. The predicted octanol–water partition coefficient (Wildman–Crippen LogP) is 1.43. The fourth-order valence-electron chi connectivity index (χ4n) is 1.57. The first-order valence-electron chi connectivity index (χ1n) is 4.01. The van der Waals surface area contributed by atoms with Crippen molar-refractivity contribution >= 4 is 15.9 Å². The van der Waals surface area contributed by atoms with Gasteiger partial charge in [0, 0.05) is 30.1 Å². The van der Waals surface area contributed by atoms with Gasteiger partial charge in [0.15, 0.2) is 0 Å². The van der Waals surface area contributed by atoms with Gasteiger partial charge in [-0.1, -0.05) is 15.9 Å². The first-order chi connectivity index (χ1) is 5.83. The maximum absolute atomic E-state index is 5.57. The SMILES string of the molecule is Cn1ncc2c1CCOC2CBr. The second-order valence-corrected chi connectivity index (χ2v) is 3.58. The van der Waals surface area contributed by atoms with Crippen molar-refractivity contribution in [2.75, 3.05) is 11.9 Å². The number of halogens is 1. The van der Waals surface area contributed by atoms with Crippen LogP contribution < -0.4 is 0 Å². The van der Waals surface area contributed by atoms with Crippen molar-refractivity contribution in [1.29, 1.82) is 0 Å². The van der Waals surface area contributed by atoms with Crippen LogP contribution in [0.2, 0.25) is 0 Å². The topological polar surface area (TPSA) is 27.1 Å². The molecule has 1 aromatic heterocycles. The van der Waals surface area contributed by atoms with Gasteiger partial charge in [-0.25, -0.2) is 0 Å². The Morgan fingerprint density at radius 3 is 3.42 bits per heavy atom. The fourth-order valence-corrected chi connectivity index (χ4v) is 2.11. The molecular weight excluding hydrogens is 220 g/mol. The standard InChI is InChI=1S/C8H11BrN2O/c1-11-7-2-3-12-8(4-9)6(7)5-10-11/h5,8H,2-4H2,1H3. The third-order valence-corrected chi connectivity index (χ3v) is 2.83. The second-order valence-electron chi connectivity index (χ2n) is 2.93. The van der Waals surface area contributed by atoms with E-state index in [1.165, 1.54) is 11.3 Å². The van der Waals surface area contributed by atoms with Gasteiger partial charge in [0.05, 0.1) is 18.9 Å². The van der Waals surface area contributed by atoms with Gasteiger partial charge in [-0.15, -0.1) is 0 Å². The molecule has 0 aromatic carbocycles. The highest BCUT2D eigenvalue weighted by molar-refractivity contribution is 9.09. The van der Waals surface area contributed by atoms with Gasteiger partial charge in [-0.05, 0) is 0 Å². The number of nitrogens with zero attached hydrogens (tertiary/aromatic N) is 2. The van der Waals surface area contributed by atoms with E-state index in [9.17, 15) is 0 Å². The van der Waals surface area contributed by atoms with Crippen molar-refractivity contribution in [2.24, 2.45) is 7.05 Å². The first kappa shape index (κ1) is 8.26. The van der Waals surface area contributed by atoms with Crippen LogP contribution >= 0.6 is 15.9 Å². The minimum atomic E-state index is 0.197. The lowest BCUT2D eigenvalue weighted by molar-refractivity contribution is 0.0583. The predicted molar refractivity (Wildman–Crippen MR) is 49.4 cm³/mol. The molecule has 0 radical (unpaired) electrons. The summed E-state index contributed by atoms with van der Waals surface area (Å²) in [6.07, 6.45) is 3.08. The molecule has 1 aromatic rings. The maximum atomic E-state index is 5.57. The smallest absolute Gasteiger partial charge is 0.0954 e. The lowest BCUT2D eigenvalue weighted by Gasteiger charge is -2.21. The van der Waals surface area contributed by atoms with Crippen LogP contribution in [0.1, 0.15) is 17.4 Å². The number of ether oxygens (including phenoxy) is 1.